The molecule has 6 nitrogen and oxygen atoms in total. The molecule has 30 heavy (non-hydrogen) atoms. The van der Waals surface area contributed by atoms with E-state index in [0.717, 1.165) is 54.7 Å². The van der Waals surface area contributed by atoms with E-state index in [0.29, 0.717) is 11.6 Å². The number of nitrogens with one attached hydrogen (secondary N) is 3. The van der Waals surface area contributed by atoms with E-state index in [1.165, 1.54) is 0 Å². The summed E-state index contributed by atoms with van der Waals surface area (Å²) in [5, 5.41) is 10.3. The number of amides is 1. The summed E-state index contributed by atoms with van der Waals surface area (Å²) in [5.41, 5.74) is 2.95. The SMILES string of the molecule is CN=C(NCCc1cccc(C(=O)NC)c1)NC1CCN(c2cccc(Cl)c2)C1.I. The zero-order valence-electron chi connectivity index (χ0n) is 17.3. The van der Waals surface area contributed by atoms with Crippen LogP contribution in [0.2, 0.25) is 5.02 Å². The Morgan fingerprint density at radius 3 is 2.77 bits per heavy atom. The van der Waals surface area contributed by atoms with E-state index in [2.05, 4.69) is 31.9 Å². The van der Waals surface area contributed by atoms with Gasteiger partial charge in [0.15, 0.2) is 5.96 Å². The predicted molar refractivity (Wildman–Crippen MR) is 136 cm³/mol. The zero-order chi connectivity index (χ0) is 20.6. The van der Waals surface area contributed by atoms with Crippen molar-refractivity contribution in [2.45, 2.75) is 18.9 Å². The molecule has 0 saturated carbocycles. The molecule has 1 aliphatic heterocycles. The van der Waals surface area contributed by atoms with Gasteiger partial charge < -0.3 is 20.9 Å². The molecular weight excluding hydrogens is 513 g/mol. The predicted octanol–water partition coefficient (Wildman–Crippen LogP) is 3.30. The number of halogens is 2. The molecule has 0 bridgehead atoms. The first-order valence-electron chi connectivity index (χ1n) is 9.88. The molecule has 3 rings (SSSR count). The first-order chi connectivity index (χ1) is 14.1. The van der Waals surface area contributed by atoms with E-state index in [-0.39, 0.29) is 29.9 Å². The van der Waals surface area contributed by atoms with Crippen molar-refractivity contribution in [2.24, 2.45) is 4.99 Å². The number of rotatable bonds is 6. The lowest BCUT2D eigenvalue weighted by Gasteiger charge is -2.20. The lowest BCUT2D eigenvalue weighted by atomic mass is 10.1. The second-order valence-corrected chi connectivity index (χ2v) is 7.52. The molecule has 162 valence electrons. The van der Waals surface area contributed by atoms with Crippen LogP contribution < -0.4 is 20.9 Å². The zero-order valence-corrected chi connectivity index (χ0v) is 20.4. The molecule has 0 radical (unpaired) electrons. The van der Waals surface area contributed by atoms with Gasteiger partial charge >= 0.3 is 0 Å². The Hall–Kier alpha value is -2.00. The van der Waals surface area contributed by atoms with E-state index in [4.69, 9.17) is 11.6 Å². The molecule has 1 atom stereocenters. The van der Waals surface area contributed by atoms with E-state index in [1.54, 1.807) is 14.1 Å². The minimum absolute atomic E-state index is 0. The van der Waals surface area contributed by atoms with Crippen LogP contribution in [0.1, 0.15) is 22.3 Å². The normalized spacial score (nSPS) is 16.0. The highest BCUT2D eigenvalue weighted by molar-refractivity contribution is 14.0. The Bertz CT molecular complexity index is 876. The molecule has 0 aliphatic carbocycles. The summed E-state index contributed by atoms with van der Waals surface area (Å²) >= 11 is 6.12. The smallest absolute Gasteiger partial charge is 0.251 e. The van der Waals surface area contributed by atoms with Crippen molar-refractivity contribution in [3.05, 3.63) is 64.7 Å². The summed E-state index contributed by atoms with van der Waals surface area (Å²) < 4.78 is 0. The average molecular weight is 542 g/mol. The van der Waals surface area contributed by atoms with E-state index in [9.17, 15) is 4.79 Å². The molecule has 1 amide bonds. The van der Waals surface area contributed by atoms with Gasteiger partial charge in [-0.25, -0.2) is 0 Å². The summed E-state index contributed by atoms with van der Waals surface area (Å²) in [6.07, 6.45) is 1.85. The van der Waals surface area contributed by atoms with Crippen molar-refractivity contribution in [2.75, 3.05) is 38.6 Å². The summed E-state index contributed by atoms with van der Waals surface area (Å²) in [6, 6.07) is 16.0. The third kappa shape index (κ3) is 6.77. The van der Waals surface area contributed by atoms with Crippen LogP contribution in [0.15, 0.2) is 53.5 Å². The van der Waals surface area contributed by atoms with Gasteiger partial charge in [-0.05, 0) is 48.7 Å². The fourth-order valence-electron chi connectivity index (χ4n) is 3.51. The molecule has 2 aromatic rings. The quantitative estimate of drug-likeness (QED) is 0.298. The Morgan fingerprint density at radius 1 is 1.23 bits per heavy atom. The molecule has 1 unspecified atom stereocenters. The van der Waals surface area contributed by atoms with Crippen LogP contribution in [0.3, 0.4) is 0 Å². The second kappa shape index (κ2) is 12.0. The standard InChI is InChI=1S/C22H28ClN5O.HI/c1-24-21(29)17-6-3-5-16(13-17)9-11-26-22(25-2)27-19-10-12-28(15-19)20-8-4-7-18(23)14-20;/h3-8,13-14,19H,9-12,15H2,1-2H3,(H,24,29)(H2,25,26,27);1H. The highest BCUT2D eigenvalue weighted by atomic mass is 127. The van der Waals surface area contributed by atoms with Gasteiger partial charge in [-0.2, -0.15) is 0 Å². The maximum absolute atomic E-state index is 11.8. The number of carbonyl (C=O) groups is 1. The van der Waals surface area contributed by atoms with Crippen LogP contribution in [0.25, 0.3) is 0 Å². The van der Waals surface area contributed by atoms with Crippen LogP contribution in [-0.2, 0) is 6.42 Å². The molecule has 0 spiro atoms. The number of guanidine groups is 1. The lowest BCUT2D eigenvalue weighted by Crippen LogP contribution is -2.45. The van der Waals surface area contributed by atoms with Crippen LogP contribution >= 0.6 is 35.6 Å². The van der Waals surface area contributed by atoms with Gasteiger partial charge in [-0.1, -0.05) is 29.8 Å². The molecule has 8 heteroatoms. The van der Waals surface area contributed by atoms with Gasteiger partial charge in [0.1, 0.15) is 0 Å². The first-order valence-corrected chi connectivity index (χ1v) is 10.3. The van der Waals surface area contributed by atoms with Crippen molar-refractivity contribution in [1.29, 1.82) is 0 Å². The van der Waals surface area contributed by atoms with Crippen molar-refractivity contribution in [3.63, 3.8) is 0 Å². The van der Waals surface area contributed by atoms with Gasteiger partial charge in [0.2, 0.25) is 0 Å². The van der Waals surface area contributed by atoms with Crippen LogP contribution in [-0.4, -0.2) is 51.6 Å². The van der Waals surface area contributed by atoms with Crippen molar-refractivity contribution in [3.8, 4) is 0 Å². The topological polar surface area (TPSA) is 68.8 Å². The fourth-order valence-corrected chi connectivity index (χ4v) is 3.70. The van der Waals surface area contributed by atoms with Crippen molar-refractivity contribution < 1.29 is 4.79 Å². The largest absolute Gasteiger partial charge is 0.369 e. The molecule has 1 saturated heterocycles. The van der Waals surface area contributed by atoms with E-state index >= 15 is 0 Å². The minimum Gasteiger partial charge on any atom is -0.369 e. The number of aliphatic imine (C=N–C) groups is 1. The summed E-state index contributed by atoms with van der Waals surface area (Å²) in [7, 11) is 3.42. The van der Waals surface area contributed by atoms with Crippen molar-refractivity contribution >= 4 is 53.1 Å². The Balaban J connectivity index is 0.00000320. The molecule has 2 aromatic carbocycles. The molecule has 0 aromatic heterocycles. The van der Waals surface area contributed by atoms with E-state index in [1.807, 2.05) is 42.5 Å². The highest BCUT2D eigenvalue weighted by Crippen LogP contribution is 2.23. The number of nitrogens with zero attached hydrogens (tertiary/aromatic N) is 2. The third-order valence-electron chi connectivity index (χ3n) is 5.05. The van der Waals surface area contributed by atoms with Crippen LogP contribution in [0.5, 0.6) is 0 Å². The number of hydrogen-bond donors (Lipinski definition) is 3. The summed E-state index contributed by atoms with van der Waals surface area (Å²) in [6.45, 7) is 2.64. The van der Waals surface area contributed by atoms with E-state index < -0.39 is 0 Å². The van der Waals surface area contributed by atoms with Gasteiger partial charge in [-0.15, -0.1) is 24.0 Å². The average Bonchev–Trinajstić information content (AvgIpc) is 3.21. The number of anilines is 1. The molecule has 1 heterocycles. The number of carbonyl (C=O) groups excluding carboxylic acids is 1. The molecule has 1 aliphatic rings. The highest BCUT2D eigenvalue weighted by Gasteiger charge is 2.23. The summed E-state index contributed by atoms with van der Waals surface area (Å²) in [5.74, 6) is 0.730. The Labute approximate surface area is 200 Å². The number of benzene rings is 2. The van der Waals surface area contributed by atoms with Crippen molar-refractivity contribution in [1.82, 2.24) is 16.0 Å². The molecular formula is C22H29ClIN5O. The van der Waals surface area contributed by atoms with Crippen LogP contribution in [0, 0.1) is 0 Å². The number of hydrogen-bond acceptors (Lipinski definition) is 3. The Kier molecular flexibility index (Phi) is 9.71. The van der Waals surface area contributed by atoms with Gasteiger partial charge in [0, 0.05) is 56.0 Å². The maximum Gasteiger partial charge on any atom is 0.251 e. The monoisotopic (exact) mass is 541 g/mol. The second-order valence-electron chi connectivity index (χ2n) is 7.08. The maximum atomic E-state index is 11.8. The van der Waals surface area contributed by atoms with Crippen LogP contribution in [0.4, 0.5) is 5.69 Å². The third-order valence-corrected chi connectivity index (χ3v) is 5.28. The minimum atomic E-state index is -0.0669. The Morgan fingerprint density at radius 2 is 2.03 bits per heavy atom. The fraction of sp³-hybridized carbons (Fsp3) is 0.364. The lowest BCUT2D eigenvalue weighted by molar-refractivity contribution is 0.0963. The van der Waals surface area contributed by atoms with Gasteiger partial charge in [0.25, 0.3) is 5.91 Å². The molecule has 3 N–H and O–H groups in total. The first kappa shape index (κ1) is 24.3. The van der Waals surface area contributed by atoms with Gasteiger partial charge in [0.05, 0.1) is 0 Å². The summed E-state index contributed by atoms with van der Waals surface area (Å²) in [4.78, 5) is 18.4. The van der Waals surface area contributed by atoms with Gasteiger partial charge in [-0.3, -0.25) is 9.79 Å². The molecule has 1 fully saturated rings.